The van der Waals surface area contributed by atoms with Crippen LogP contribution in [0.2, 0.25) is 0 Å². The van der Waals surface area contributed by atoms with Crippen molar-refractivity contribution >= 4 is 10.9 Å². The Kier molecular flexibility index (Phi) is 4.58. The van der Waals surface area contributed by atoms with Gasteiger partial charge in [0.2, 0.25) is 5.52 Å². The van der Waals surface area contributed by atoms with Crippen LogP contribution in [0.25, 0.3) is 10.9 Å². The molecule has 3 heteroatoms. The van der Waals surface area contributed by atoms with Crippen LogP contribution < -0.4 is 9.88 Å². The molecule has 0 radical (unpaired) electrons. The number of aromatic amines is 1. The number of aryl methyl sites for hydroxylation is 3. The second kappa shape index (κ2) is 6.48. The molecule has 1 aromatic carbocycles. The smallest absolute Gasteiger partial charge is 0.217 e. The highest BCUT2D eigenvalue weighted by atomic mass is 16.3. The molecule has 3 nitrogen and oxygen atoms in total. The summed E-state index contributed by atoms with van der Waals surface area (Å²) in [4.78, 5) is 5.18. The average molecular weight is 314 g/mol. The fraction of sp³-hybridized carbons (Fsp3) is 0.550. The number of piperidine rings is 1. The highest BCUT2D eigenvalue weighted by Gasteiger charge is 2.28. The quantitative estimate of drug-likeness (QED) is 0.898. The van der Waals surface area contributed by atoms with Crippen molar-refractivity contribution in [1.82, 2.24) is 0 Å². The lowest BCUT2D eigenvalue weighted by atomic mass is 9.97. The van der Waals surface area contributed by atoms with Crippen molar-refractivity contribution in [1.29, 1.82) is 0 Å². The maximum Gasteiger partial charge on any atom is 0.217 e. The Morgan fingerprint density at radius 1 is 1.22 bits per heavy atom. The number of pyridine rings is 1. The zero-order chi connectivity index (χ0) is 16.6. The van der Waals surface area contributed by atoms with Gasteiger partial charge in [-0.15, -0.1) is 0 Å². The Labute approximate surface area is 139 Å². The number of benzene rings is 1. The molecule has 2 aromatic rings. The van der Waals surface area contributed by atoms with Gasteiger partial charge in [-0.1, -0.05) is 6.92 Å². The van der Waals surface area contributed by atoms with E-state index in [9.17, 15) is 5.11 Å². The monoisotopic (exact) mass is 314 g/mol. The molecule has 0 spiro atoms. The Bertz CT molecular complexity index is 723. The molecule has 1 saturated heterocycles. The third-order valence-corrected chi connectivity index (χ3v) is 5.56. The van der Waals surface area contributed by atoms with Gasteiger partial charge in [0.15, 0.2) is 5.69 Å². The summed E-state index contributed by atoms with van der Waals surface area (Å²) < 4.78 is 0. The minimum atomic E-state index is 0.482. The standard InChI is InChI=1S/C20H28N2O/c1-5-16-8-6-7-9-22(16)12-18-15(4)21-19-14(3)10-13(2)11-17(19)20(18)23/h10-11,16H,5-9,12H2,1-4H3,(H,21,23)/p+2. The first-order chi connectivity index (χ1) is 11.0. The largest absolute Gasteiger partial charge is 0.506 e. The van der Waals surface area contributed by atoms with Gasteiger partial charge in [-0.25, -0.2) is 4.98 Å². The first-order valence-corrected chi connectivity index (χ1v) is 9.00. The number of aromatic hydroxyl groups is 1. The molecular formula is C20H30N2O+2. The maximum atomic E-state index is 10.9. The van der Waals surface area contributed by atoms with Crippen LogP contribution in [0.3, 0.4) is 0 Å². The molecule has 124 valence electrons. The predicted octanol–water partition coefficient (Wildman–Crippen LogP) is 2.63. The van der Waals surface area contributed by atoms with Crippen LogP contribution in [0, 0.1) is 20.8 Å². The zero-order valence-corrected chi connectivity index (χ0v) is 14.9. The fourth-order valence-corrected chi connectivity index (χ4v) is 4.24. The summed E-state index contributed by atoms with van der Waals surface area (Å²) in [6.07, 6.45) is 5.21. The SMILES string of the molecule is CCC1CCCC[NH+]1Cc1c(C)[nH+]c2c(C)cc(C)cc2c1O. The zero-order valence-electron chi connectivity index (χ0n) is 14.9. The van der Waals surface area contributed by atoms with Crippen molar-refractivity contribution in [3.63, 3.8) is 0 Å². The Balaban J connectivity index is 2.03. The number of hydrogen-bond acceptors (Lipinski definition) is 1. The predicted molar refractivity (Wildman–Crippen MR) is 93.8 cm³/mol. The summed E-state index contributed by atoms with van der Waals surface area (Å²) >= 11 is 0. The minimum absolute atomic E-state index is 0.482. The molecule has 1 aliphatic rings. The summed E-state index contributed by atoms with van der Waals surface area (Å²) in [5, 5.41) is 11.9. The van der Waals surface area contributed by atoms with Crippen LogP contribution in [-0.4, -0.2) is 17.7 Å². The van der Waals surface area contributed by atoms with Crippen LogP contribution in [-0.2, 0) is 6.54 Å². The normalized spacial score (nSPS) is 21.7. The molecule has 3 N–H and O–H groups in total. The number of H-pyrrole nitrogens is 1. The van der Waals surface area contributed by atoms with E-state index in [0.29, 0.717) is 5.75 Å². The highest BCUT2D eigenvalue weighted by Crippen LogP contribution is 2.29. The van der Waals surface area contributed by atoms with Crippen molar-refractivity contribution in [2.45, 2.75) is 66.0 Å². The summed E-state index contributed by atoms with van der Waals surface area (Å²) in [7, 11) is 0. The molecule has 0 amide bonds. The Morgan fingerprint density at radius 2 is 2.00 bits per heavy atom. The number of quaternary nitrogens is 1. The van der Waals surface area contributed by atoms with Gasteiger partial charge in [0, 0.05) is 12.5 Å². The number of fused-ring (bicyclic) bond motifs is 1. The van der Waals surface area contributed by atoms with Crippen molar-refractivity contribution in [2.75, 3.05) is 6.54 Å². The summed E-state index contributed by atoms with van der Waals surface area (Å²) in [6, 6.07) is 5.00. The Morgan fingerprint density at radius 3 is 2.74 bits per heavy atom. The lowest BCUT2D eigenvalue weighted by Gasteiger charge is -2.32. The fourth-order valence-electron chi connectivity index (χ4n) is 4.24. The molecule has 2 unspecified atom stereocenters. The van der Waals surface area contributed by atoms with E-state index < -0.39 is 0 Å². The van der Waals surface area contributed by atoms with Gasteiger partial charge < -0.3 is 10.0 Å². The minimum Gasteiger partial charge on any atom is -0.506 e. The van der Waals surface area contributed by atoms with Gasteiger partial charge in [0.1, 0.15) is 17.9 Å². The number of hydrogen-bond donors (Lipinski definition) is 2. The second-order valence-electron chi connectivity index (χ2n) is 7.27. The number of rotatable bonds is 3. The molecular weight excluding hydrogens is 284 g/mol. The molecule has 3 rings (SSSR count). The molecule has 1 fully saturated rings. The van der Waals surface area contributed by atoms with E-state index in [4.69, 9.17) is 0 Å². The lowest BCUT2D eigenvalue weighted by Crippen LogP contribution is -3.15. The van der Waals surface area contributed by atoms with Crippen molar-refractivity contribution in [2.24, 2.45) is 0 Å². The summed E-state index contributed by atoms with van der Waals surface area (Å²) in [5.41, 5.74) is 5.66. The first-order valence-electron chi connectivity index (χ1n) is 9.00. The molecule has 0 aliphatic carbocycles. The summed E-state index contributed by atoms with van der Waals surface area (Å²) in [5.74, 6) is 0.482. The van der Waals surface area contributed by atoms with E-state index in [-0.39, 0.29) is 0 Å². The molecule has 2 heterocycles. The van der Waals surface area contributed by atoms with Gasteiger partial charge in [-0.2, -0.15) is 0 Å². The van der Waals surface area contributed by atoms with Crippen LogP contribution in [0.15, 0.2) is 12.1 Å². The Hall–Kier alpha value is -1.61. The van der Waals surface area contributed by atoms with Gasteiger partial charge >= 0.3 is 0 Å². The van der Waals surface area contributed by atoms with E-state index in [1.54, 1.807) is 4.90 Å². The average Bonchev–Trinajstić information content (AvgIpc) is 2.53. The number of nitrogens with one attached hydrogen (secondary N) is 2. The molecule has 1 aromatic heterocycles. The van der Waals surface area contributed by atoms with Gasteiger partial charge in [0.05, 0.1) is 18.0 Å². The highest BCUT2D eigenvalue weighted by molar-refractivity contribution is 5.86. The first kappa shape index (κ1) is 16.3. The van der Waals surface area contributed by atoms with Crippen molar-refractivity contribution in [3.8, 4) is 5.75 Å². The van der Waals surface area contributed by atoms with E-state index in [1.807, 2.05) is 0 Å². The van der Waals surface area contributed by atoms with Crippen LogP contribution in [0.1, 0.15) is 55.0 Å². The second-order valence-corrected chi connectivity index (χ2v) is 7.27. The molecule has 23 heavy (non-hydrogen) atoms. The topological polar surface area (TPSA) is 38.8 Å². The van der Waals surface area contributed by atoms with Gasteiger partial charge in [-0.3, -0.25) is 0 Å². The number of likely N-dealkylation sites (tertiary alicyclic amines) is 1. The summed E-state index contributed by atoms with van der Waals surface area (Å²) in [6.45, 7) is 10.7. The lowest BCUT2D eigenvalue weighted by molar-refractivity contribution is -0.944. The molecule has 2 atom stereocenters. The third kappa shape index (κ3) is 3.07. The van der Waals surface area contributed by atoms with Crippen LogP contribution in [0.4, 0.5) is 0 Å². The van der Waals surface area contributed by atoms with Crippen LogP contribution in [0.5, 0.6) is 5.75 Å². The van der Waals surface area contributed by atoms with Gasteiger partial charge in [0.25, 0.3) is 0 Å². The number of aromatic nitrogens is 1. The van der Waals surface area contributed by atoms with E-state index in [2.05, 4.69) is 44.8 Å². The van der Waals surface area contributed by atoms with Gasteiger partial charge in [-0.05, 0) is 57.2 Å². The van der Waals surface area contributed by atoms with Crippen molar-refractivity contribution < 1.29 is 15.0 Å². The maximum absolute atomic E-state index is 10.9. The van der Waals surface area contributed by atoms with E-state index in [1.165, 1.54) is 43.4 Å². The van der Waals surface area contributed by atoms with E-state index in [0.717, 1.165) is 34.7 Å². The van der Waals surface area contributed by atoms with Crippen LogP contribution >= 0.6 is 0 Å². The van der Waals surface area contributed by atoms with Crippen molar-refractivity contribution in [3.05, 3.63) is 34.5 Å². The molecule has 0 bridgehead atoms. The molecule has 0 saturated carbocycles. The molecule has 1 aliphatic heterocycles. The van der Waals surface area contributed by atoms with E-state index >= 15 is 0 Å². The third-order valence-electron chi connectivity index (χ3n) is 5.56.